The van der Waals surface area contributed by atoms with E-state index in [4.69, 9.17) is 14.2 Å². The molecule has 4 nitrogen and oxygen atoms in total. The predicted octanol–water partition coefficient (Wildman–Crippen LogP) is 6.65. The number of carbonyl (C=O) groups is 1. The number of esters is 1. The third-order valence-corrected chi connectivity index (χ3v) is 6.05. The Bertz CT molecular complexity index is 496. The Balaban J connectivity index is 5.04. The molecule has 4 heteroatoms. The summed E-state index contributed by atoms with van der Waals surface area (Å²) in [4.78, 5) is 13.1. The van der Waals surface area contributed by atoms with E-state index in [9.17, 15) is 4.79 Å². The summed E-state index contributed by atoms with van der Waals surface area (Å²) in [7, 11) is 0. The Morgan fingerprint density at radius 3 is 1.76 bits per heavy atom. The standard InChI is InChI=1S/C25H50O4/c1-14-20(16-27-18(2)3)24(11,12)29-19(4)15-28-21(26)25(13,23(8,9)10)17-22(5,6)7/h18-20H,14-17H2,1-13H3. The summed E-state index contributed by atoms with van der Waals surface area (Å²) in [5, 5.41) is 0. The molecule has 0 heterocycles. The highest BCUT2D eigenvalue weighted by Gasteiger charge is 2.47. The summed E-state index contributed by atoms with van der Waals surface area (Å²) >= 11 is 0. The van der Waals surface area contributed by atoms with Crippen molar-refractivity contribution < 1.29 is 19.0 Å². The number of ether oxygens (including phenoxy) is 3. The van der Waals surface area contributed by atoms with Gasteiger partial charge in [-0.25, -0.2) is 0 Å². The molecule has 3 atom stereocenters. The van der Waals surface area contributed by atoms with Gasteiger partial charge in [0.1, 0.15) is 6.61 Å². The Morgan fingerprint density at radius 2 is 1.38 bits per heavy atom. The van der Waals surface area contributed by atoms with E-state index in [2.05, 4.69) is 62.3 Å². The first-order valence-electron chi connectivity index (χ1n) is 11.3. The van der Waals surface area contributed by atoms with Crippen molar-refractivity contribution in [2.75, 3.05) is 13.2 Å². The molecule has 0 saturated heterocycles. The molecule has 3 unspecified atom stereocenters. The molecular formula is C25H50O4. The minimum absolute atomic E-state index is 0.0376. The van der Waals surface area contributed by atoms with Crippen LogP contribution in [0.25, 0.3) is 0 Å². The van der Waals surface area contributed by atoms with Crippen LogP contribution in [0.4, 0.5) is 0 Å². The minimum Gasteiger partial charge on any atom is -0.463 e. The molecular weight excluding hydrogens is 364 g/mol. The van der Waals surface area contributed by atoms with Crippen molar-refractivity contribution in [1.29, 1.82) is 0 Å². The van der Waals surface area contributed by atoms with Gasteiger partial charge in [0, 0.05) is 5.92 Å². The molecule has 0 aromatic rings. The highest BCUT2D eigenvalue weighted by Crippen LogP contribution is 2.47. The lowest BCUT2D eigenvalue weighted by Crippen LogP contribution is -2.45. The van der Waals surface area contributed by atoms with E-state index in [0.29, 0.717) is 6.61 Å². The fourth-order valence-corrected chi connectivity index (χ4v) is 3.82. The van der Waals surface area contributed by atoms with E-state index in [1.54, 1.807) is 0 Å². The van der Waals surface area contributed by atoms with Gasteiger partial charge in [0.15, 0.2) is 0 Å². The summed E-state index contributed by atoms with van der Waals surface area (Å²) < 4.78 is 17.9. The van der Waals surface area contributed by atoms with E-state index in [-0.39, 0.29) is 47.1 Å². The Kier molecular flexibility index (Phi) is 10.4. The maximum atomic E-state index is 13.1. The van der Waals surface area contributed by atoms with Crippen molar-refractivity contribution in [1.82, 2.24) is 0 Å². The van der Waals surface area contributed by atoms with Crippen LogP contribution in [-0.2, 0) is 19.0 Å². The van der Waals surface area contributed by atoms with Gasteiger partial charge in [-0.3, -0.25) is 4.79 Å². The fraction of sp³-hybridized carbons (Fsp3) is 0.960. The maximum Gasteiger partial charge on any atom is 0.312 e. The number of rotatable bonds is 11. The van der Waals surface area contributed by atoms with Crippen LogP contribution in [0.3, 0.4) is 0 Å². The number of hydrogen-bond acceptors (Lipinski definition) is 4. The van der Waals surface area contributed by atoms with Crippen LogP contribution < -0.4 is 0 Å². The molecule has 0 spiro atoms. The number of hydrogen-bond donors (Lipinski definition) is 0. The first-order valence-corrected chi connectivity index (χ1v) is 11.3. The lowest BCUT2D eigenvalue weighted by molar-refractivity contribution is -0.176. The van der Waals surface area contributed by atoms with E-state index in [1.807, 2.05) is 27.7 Å². The normalized spacial score (nSPS) is 17.7. The topological polar surface area (TPSA) is 44.8 Å². The van der Waals surface area contributed by atoms with Crippen LogP contribution in [-0.4, -0.2) is 37.0 Å². The van der Waals surface area contributed by atoms with Crippen LogP contribution >= 0.6 is 0 Å². The van der Waals surface area contributed by atoms with Gasteiger partial charge in [0.25, 0.3) is 0 Å². The van der Waals surface area contributed by atoms with Crippen LogP contribution in [0.15, 0.2) is 0 Å². The van der Waals surface area contributed by atoms with E-state index < -0.39 is 5.41 Å². The zero-order chi connectivity index (χ0) is 23.3. The molecule has 0 saturated carbocycles. The highest BCUT2D eigenvalue weighted by atomic mass is 16.6. The fourth-order valence-electron chi connectivity index (χ4n) is 3.82. The van der Waals surface area contributed by atoms with E-state index >= 15 is 0 Å². The van der Waals surface area contributed by atoms with Gasteiger partial charge in [-0.1, -0.05) is 48.5 Å². The van der Waals surface area contributed by atoms with Gasteiger partial charge in [-0.2, -0.15) is 0 Å². The van der Waals surface area contributed by atoms with Crippen molar-refractivity contribution in [3.63, 3.8) is 0 Å². The van der Waals surface area contributed by atoms with Crippen molar-refractivity contribution in [2.45, 2.75) is 121 Å². The highest BCUT2D eigenvalue weighted by molar-refractivity contribution is 5.77. The third-order valence-electron chi connectivity index (χ3n) is 6.05. The number of carbonyl (C=O) groups excluding carboxylic acids is 1. The summed E-state index contributed by atoms with van der Waals surface area (Å²) in [6, 6.07) is 0. The summed E-state index contributed by atoms with van der Waals surface area (Å²) in [5.41, 5.74) is -1.07. The maximum absolute atomic E-state index is 13.1. The van der Waals surface area contributed by atoms with Crippen LogP contribution in [0.2, 0.25) is 0 Å². The summed E-state index contributed by atoms with van der Waals surface area (Å²) in [6.07, 6.45) is 1.77. The Morgan fingerprint density at radius 1 is 0.862 bits per heavy atom. The lowest BCUT2D eigenvalue weighted by atomic mass is 9.61. The van der Waals surface area contributed by atoms with Crippen LogP contribution in [0.1, 0.15) is 103 Å². The second kappa shape index (κ2) is 10.6. The first kappa shape index (κ1) is 28.4. The van der Waals surface area contributed by atoms with Crippen molar-refractivity contribution in [2.24, 2.45) is 22.2 Å². The van der Waals surface area contributed by atoms with Crippen molar-refractivity contribution in [3.8, 4) is 0 Å². The van der Waals surface area contributed by atoms with Gasteiger partial charge in [0.2, 0.25) is 0 Å². The molecule has 0 aliphatic rings. The van der Waals surface area contributed by atoms with Crippen LogP contribution in [0.5, 0.6) is 0 Å². The van der Waals surface area contributed by atoms with Crippen molar-refractivity contribution >= 4 is 5.97 Å². The van der Waals surface area contributed by atoms with Crippen molar-refractivity contribution in [3.05, 3.63) is 0 Å². The molecule has 174 valence electrons. The van der Waals surface area contributed by atoms with Gasteiger partial charge in [0.05, 0.1) is 29.8 Å². The SMILES string of the molecule is CCC(COC(C)C)C(C)(C)OC(C)COC(=O)C(C)(CC(C)(C)C)C(C)(C)C. The van der Waals surface area contributed by atoms with Crippen LogP contribution in [0, 0.1) is 22.2 Å². The second-order valence-electron chi connectivity index (χ2n) is 11.9. The summed E-state index contributed by atoms with van der Waals surface area (Å²) in [5.74, 6) is 0.146. The first-order chi connectivity index (χ1) is 12.9. The molecule has 0 bridgehead atoms. The van der Waals surface area contributed by atoms with Gasteiger partial charge >= 0.3 is 5.97 Å². The smallest absolute Gasteiger partial charge is 0.312 e. The van der Waals surface area contributed by atoms with Gasteiger partial charge < -0.3 is 14.2 Å². The predicted molar refractivity (Wildman–Crippen MR) is 122 cm³/mol. The van der Waals surface area contributed by atoms with Gasteiger partial charge in [-0.05, 0) is 65.2 Å². The molecule has 0 radical (unpaired) electrons. The Labute approximate surface area is 181 Å². The molecule has 0 N–H and O–H groups in total. The molecule has 29 heavy (non-hydrogen) atoms. The molecule has 0 aliphatic heterocycles. The second-order valence-corrected chi connectivity index (χ2v) is 11.9. The zero-order valence-corrected chi connectivity index (χ0v) is 21.7. The quantitative estimate of drug-likeness (QED) is 0.355. The largest absolute Gasteiger partial charge is 0.463 e. The third kappa shape index (κ3) is 9.38. The minimum atomic E-state index is -0.558. The Hall–Kier alpha value is -0.610. The van der Waals surface area contributed by atoms with E-state index in [0.717, 1.165) is 12.8 Å². The van der Waals surface area contributed by atoms with Gasteiger partial charge in [-0.15, -0.1) is 0 Å². The molecule has 0 aliphatic carbocycles. The zero-order valence-electron chi connectivity index (χ0n) is 21.7. The molecule has 0 aromatic heterocycles. The lowest BCUT2D eigenvalue weighted by Gasteiger charge is -2.43. The molecule has 0 fully saturated rings. The average Bonchev–Trinajstić information content (AvgIpc) is 2.49. The molecule has 0 aromatic carbocycles. The molecule has 0 rings (SSSR count). The monoisotopic (exact) mass is 414 g/mol. The van der Waals surface area contributed by atoms with E-state index in [1.165, 1.54) is 0 Å². The molecule has 0 amide bonds. The summed E-state index contributed by atoms with van der Waals surface area (Å²) in [6.45, 7) is 28.2. The average molecular weight is 415 g/mol.